The van der Waals surface area contributed by atoms with E-state index < -0.39 is 10.0 Å². The first-order valence-corrected chi connectivity index (χ1v) is 8.97. The summed E-state index contributed by atoms with van der Waals surface area (Å²) in [5.41, 5.74) is 0.768. The number of rotatable bonds is 5. The number of pyridine rings is 2. The number of sulfonamides is 1. The third-order valence-corrected chi connectivity index (χ3v) is 4.70. The molecule has 2 aromatic heterocycles. The minimum absolute atomic E-state index is 0.00558. The number of nitrogens with one attached hydrogen (secondary N) is 1. The van der Waals surface area contributed by atoms with E-state index in [-0.39, 0.29) is 18.0 Å². The van der Waals surface area contributed by atoms with Crippen molar-refractivity contribution in [3.8, 4) is 17.6 Å². The van der Waals surface area contributed by atoms with Gasteiger partial charge in [-0.2, -0.15) is 4.72 Å². The lowest BCUT2D eigenvalue weighted by atomic mass is 10.2. The van der Waals surface area contributed by atoms with Crippen LogP contribution in [0.4, 0.5) is 0 Å². The van der Waals surface area contributed by atoms with Gasteiger partial charge in [-0.1, -0.05) is 30.0 Å². The monoisotopic (exact) mass is 353 g/mol. The molecule has 3 rings (SSSR count). The quantitative estimate of drug-likeness (QED) is 0.710. The molecule has 0 aliphatic heterocycles. The van der Waals surface area contributed by atoms with E-state index in [2.05, 4.69) is 26.5 Å². The first-order valence-electron chi connectivity index (χ1n) is 7.49. The fraction of sp³-hybridized carbons (Fsp3) is 0.111. The Balaban J connectivity index is 1.55. The summed E-state index contributed by atoms with van der Waals surface area (Å²) in [5, 5.41) is 0.984. The number of hydrogen-bond acceptors (Lipinski definition) is 5. The average molecular weight is 353 g/mol. The second-order valence-corrected chi connectivity index (χ2v) is 6.75. The molecule has 7 heteroatoms. The number of fused-ring (bicyclic) bond motifs is 1. The number of ether oxygens (including phenoxy) is 1. The maximum Gasteiger partial charge on any atom is 0.242 e. The number of nitrogens with zero attached hydrogens (tertiary/aromatic N) is 2. The van der Waals surface area contributed by atoms with Crippen molar-refractivity contribution in [1.82, 2.24) is 14.7 Å². The van der Waals surface area contributed by atoms with Gasteiger partial charge in [-0.05, 0) is 24.3 Å². The van der Waals surface area contributed by atoms with Gasteiger partial charge < -0.3 is 4.74 Å². The average Bonchev–Trinajstić information content (AvgIpc) is 2.65. The van der Waals surface area contributed by atoms with Gasteiger partial charge in [-0.15, -0.1) is 0 Å². The molecule has 0 amide bonds. The molecule has 0 spiro atoms. The van der Waals surface area contributed by atoms with Crippen molar-refractivity contribution in [3.05, 3.63) is 61.1 Å². The Morgan fingerprint density at radius 3 is 2.72 bits per heavy atom. The molecule has 0 aliphatic carbocycles. The van der Waals surface area contributed by atoms with Gasteiger partial charge in [0.05, 0.1) is 6.54 Å². The van der Waals surface area contributed by atoms with E-state index in [4.69, 9.17) is 4.74 Å². The van der Waals surface area contributed by atoms with Crippen LogP contribution in [-0.2, 0) is 10.0 Å². The Morgan fingerprint density at radius 1 is 1.04 bits per heavy atom. The van der Waals surface area contributed by atoms with E-state index in [1.165, 1.54) is 18.5 Å². The molecule has 1 N–H and O–H groups in total. The van der Waals surface area contributed by atoms with E-state index >= 15 is 0 Å². The third-order valence-electron chi connectivity index (χ3n) is 3.32. The van der Waals surface area contributed by atoms with Gasteiger partial charge in [-0.3, -0.25) is 9.97 Å². The van der Waals surface area contributed by atoms with Crippen LogP contribution in [0.15, 0.2) is 66.0 Å². The highest BCUT2D eigenvalue weighted by Gasteiger charge is 2.11. The van der Waals surface area contributed by atoms with Gasteiger partial charge in [0, 0.05) is 24.0 Å². The molecule has 1 aromatic carbocycles. The molecule has 126 valence electrons. The Labute approximate surface area is 145 Å². The predicted molar refractivity (Wildman–Crippen MR) is 94.4 cm³/mol. The summed E-state index contributed by atoms with van der Waals surface area (Å²) in [4.78, 5) is 8.18. The number of aromatic nitrogens is 2. The lowest BCUT2D eigenvalue weighted by molar-refractivity contribution is 0.374. The summed E-state index contributed by atoms with van der Waals surface area (Å²) in [5.74, 6) is 6.15. The zero-order valence-electron chi connectivity index (χ0n) is 13.2. The molecule has 0 bridgehead atoms. The predicted octanol–water partition coefficient (Wildman–Crippen LogP) is 1.99. The highest BCUT2D eigenvalue weighted by Crippen LogP contribution is 2.22. The van der Waals surface area contributed by atoms with Gasteiger partial charge in [0.25, 0.3) is 0 Å². The highest BCUT2D eigenvalue weighted by molar-refractivity contribution is 7.89. The molecule has 25 heavy (non-hydrogen) atoms. The van der Waals surface area contributed by atoms with E-state index in [9.17, 15) is 8.42 Å². The maximum absolute atomic E-state index is 12.0. The second-order valence-electron chi connectivity index (χ2n) is 4.99. The van der Waals surface area contributed by atoms with E-state index in [0.717, 1.165) is 10.9 Å². The molecule has 0 saturated heterocycles. The van der Waals surface area contributed by atoms with Crippen molar-refractivity contribution in [2.24, 2.45) is 0 Å². The van der Waals surface area contributed by atoms with Crippen LogP contribution < -0.4 is 9.46 Å². The standard InChI is InChI=1S/C18H15N3O3S/c22-25(23,16-8-5-10-19-14-16)21-12-1-2-13-24-17-9-3-6-15-7-4-11-20-18(15)17/h3-11,14,21H,12-13H2. The van der Waals surface area contributed by atoms with Crippen molar-refractivity contribution in [2.75, 3.05) is 13.2 Å². The van der Waals surface area contributed by atoms with Crippen molar-refractivity contribution >= 4 is 20.9 Å². The summed E-state index contributed by atoms with van der Waals surface area (Å²) in [6, 6.07) is 12.5. The van der Waals surface area contributed by atoms with E-state index in [1.54, 1.807) is 12.3 Å². The summed E-state index contributed by atoms with van der Waals surface area (Å²) in [6.45, 7) is 0.138. The molecule has 0 aliphatic rings. The zero-order valence-corrected chi connectivity index (χ0v) is 14.0. The van der Waals surface area contributed by atoms with Gasteiger partial charge >= 0.3 is 0 Å². The summed E-state index contributed by atoms with van der Waals surface area (Å²) >= 11 is 0. The van der Waals surface area contributed by atoms with Crippen LogP contribution in [0.25, 0.3) is 10.9 Å². The van der Waals surface area contributed by atoms with Crippen molar-refractivity contribution in [1.29, 1.82) is 0 Å². The van der Waals surface area contributed by atoms with Crippen LogP contribution in [0.5, 0.6) is 5.75 Å². The molecule has 0 unspecified atom stereocenters. The van der Waals surface area contributed by atoms with Crippen LogP contribution in [0.2, 0.25) is 0 Å². The highest BCUT2D eigenvalue weighted by atomic mass is 32.2. The lowest BCUT2D eigenvalue weighted by Crippen LogP contribution is -2.24. The smallest absolute Gasteiger partial charge is 0.242 e. The SMILES string of the molecule is O=S(=O)(NCC#CCOc1cccc2cccnc12)c1cccnc1. The van der Waals surface area contributed by atoms with Crippen LogP contribution in [0, 0.1) is 11.8 Å². The fourth-order valence-electron chi connectivity index (χ4n) is 2.14. The molecule has 6 nitrogen and oxygen atoms in total. The van der Waals surface area contributed by atoms with Crippen molar-refractivity contribution < 1.29 is 13.2 Å². The zero-order chi connectivity index (χ0) is 17.5. The molecule has 2 heterocycles. The van der Waals surface area contributed by atoms with Crippen molar-refractivity contribution in [2.45, 2.75) is 4.90 Å². The Bertz CT molecular complexity index is 1020. The molecule has 0 atom stereocenters. The summed E-state index contributed by atoms with van der Waals surface area (Å²) in [7, 11) is -3.59. The minimum Gasteiger partial charge on any atom is -0.479 e. The molecule has 0 radical (unpaired) electrons. The fourth-order valence-corrected chi connectivity index (χ4v) is 3.03. The second kappa shape index (κ2) is 7.75. The van der Waals surface area contributed by atoms with Gasteiger partial charge in [0.1, 0.15) is 22.8 Å². The van der Waals surface area contributed by atoms with Gasteiger partial charge in [-0.25, -0.2) is 8.42 Å². The number of benzene rings is 1. The first-order chi connectivity index (χ1) is 12.2. The normalized spacial score (nSPS) is 10.9. The molecular formula is C18H15N3O3S. The van der Waals surface area contributed by atoms with Crippen LogP contribution >= 0.6 is 0 Å². The van der Waals surface area contributed by atoms with E-state index in [0.29, 0.717) is 5.75 Å². The van der Waals surface area contributed by atoms with Crippen LogP contribution in [0.3, 0.4) is 0 Å². The van der Waals surface area contributed by atoms with E-state index in [1.807, 2.05) is 30.3 Å². The Morgan fingerprint density at radius 2 is 1.88 bits per heavy atom. The van der Waals surface area contributed by atoms with Crippen LogP contribution in [0.1, 0.15) is 0 Å². The molecular weight excluding hydrogens is 338 g/mol. The topological polar surface area (TPSA) is 81.2 Å². The first kappa shape index (κ1) is 16.9. The summed E-state index contributed by atoms with van der Waals surface area (Å²) < 4.78 is 32.0. The maximum atomic E-state index is 12.0. The Kier molecular flexibility index (Phi) is 5.23. The van der Waals surface area contributed by atoms with Gasteiger partial charge in [0.2, 0.25) is 10.0 Å². The molecule has 3 aromatic rings. The Hall–Kier alpha value is -2.95. The third kappa shape index (κ3) is 4.32. The lowest BCUT2D eigenvalue weighted by Gasteiger charge is -2.05. The number of hydrogen-bond donors (Lipinski definition) is 1. The number of para-hydroxylation sites is 1. The largest absolute Gasteiger partial charge is 0.479 e. The van der Waals surface area contributed by atoms with Crippen LogP contribution in [-0.4, -0.2) is 31.5 Å². The van der Waals surface area contributed by atoms with Gasteiger partial charge in [0.15, 0.2) is 0 Å². The van der Waals surface area contributed by atoms with Crippen molar-refractivity contribution in [3.63, 3.8) is 0 Å². The minimum atomic E-state index is -3.59. The molecule has 0 fully saturated rings. The summed E-state index contributed by atoms with van der Waals surface area (Å²) in [6.07, 6.45) is 4.50. The molecule has 0 saturated carbocycles.